The van der Waals surface area contributed by atoms with Gasteiger partial charge in [-0.2, -0.15) is 4.74 Å². The van der Waals surface area contributed by atoms with E-state index in [9.17, 15) is 5.21 Å². The summed E-state index contributed by atoms with van der Waals surface area (Å²) in [5.74, 6) is 0.327. The smallest absolute Gasteiger partial charge is 0.228 e. The lowest BCUT2D eigenvalue weighted by atomic mass is 10.0. The molecule has 2 aromatic rings. The molecule has 1 aliphatic heterocycles. The van der Waals surface area contributed by atoms with E-state index < -0.39 is 0 Å². The highest BCUT2D eigenvalue weighted by molar-refractivity contribution is 6.13. The maximum absolute atomic E-state index is 12.3. The highest BCUT2D eigenvalue weighted by Gasteiger charge is 2.22. The summed E-state index contributed by atoms with van der Waals surface area (Å²) in [4.78, 5) is 4.30. The molecule has 0 fully saturated rings. The Balaban J connectivity index is 2.27. The third-order valence-electron chi connectivity index (χ3n) is 3.03. The molecule has 0 radical (unpaired) electrons. The maximum atomic E-state index is 12.3. The fourth-order valence-electron chi connectivity index (χ4n) is 2.22. The minimum Gasteiger partial charge on any atom is -0.623 e. The van der Waals surface area contributed by atoms with Crippen molar-refractivity contribution in [3.63, 3.8) is 0 Å². The van der Waals surface area contributed by atoms with Crippen molar-refractivity contribution in [1.29, 1.82) is 0 Å². The highest BCUT2D eigenvalue weighted by Crippen LogP contribution is 2.24. The molecular formula is C15H13N3O. The molecule has 0 amide bonds. The summed E-state index contributed by atoms with van der Waals surface area (Å²) in [5, 5.41) is 12.3. The molecule has 0 spiro atoms. The molecule has 1 heterocycles. The summed E-state index contributed by atoms with van der Waals surface area (Å²) in [7, 11) is 0. The Labute approximate surface area is 111 Å². The molecular weight excluding hydrogens is 238 g/mol. The van der Waals surface area contributed by atoms with E-state index in [1.54, 1.807) is 0 Å². The molecule has 2 N–H and O–H groups in total. The van der Waals surface area contributed by atoms with Gasteiger partial charge in [0.25, 0.3) is 0 Å². The Morgan fingerprint density at radius 3 is 2.47 bits per heavy atom. The van der Waals surface area contributed by atoms with Crippen molar-refractivity contribution in [2.24, 2.45) is 10.7 Å². The van der Waals surface area contributed by atoms with Crippen LogP contribution in [0.3, 0.4) is 0 Å². The van der Waals surface area contributed by atoms with Crippen LogP contribution in [0.4, 0.5) is 5.69 Å². The van der Waals surface area contributed by atoms with Gasteiger partial charge in [-0.05, 0) is 24.3 Å². The van der Waals surface area contributed by atoms with Crippen molar-refractivity contribution in [2.75, 3.05) is 6.54 Å². The van der Waals surface area contributed by atoms with Crippen molar-refractivity contribution in [3.8, 4) is 0 Å². The molecule has 0 aliphatic carbocycles. The molecule has 0 unspecified atom stereocenters. The van der Waals surface area contributed by atoms with Crippen LogP contribution in [0.25, 0.3) is 0 Å². The summed E-state index contributed by atoms with van der Waals surface area (Å²) >= 11 is 0. The minimum absolute atomic E-state index is 0.0822. The predicted molar refractivity (Wildman–Crippen MR) is 75.9 cm³/mol. The first-order valence-electron chi connectivity index (χ1n) is 6.05. The van der Waals surface area contributed by atoms with Crippen LogP contribution in [0, 0.1) is 5.21 Å². The summed E-state index contributed by atoms with van der Waals surface area (Å²) < 4.78 is 0.903. The number of rotatable bonds is 1. The van der Waals surface area contributed by atoms with E-state index in [1.165, 1.54) is 0 Å². The molecule has 0 aromatic heterocycles. The quantitative estimate of drug-likeness (QED) is 0.622. The van der Waals surface area contributed by atoms with Crippen molar-refractivity contribution >= 4 is 17.2 Å². The maximum Gasteiger partial charge on any atom is 0.228 e. The summed E-state index contributed by atoms with van der Waals surface area (Å²) in [6, 6.07) is 17.1. The van der Waals surface area contributed by atoms with Crippen LogP contribution >= 0.6 is 0 Å². The number of hydroxylamine groups is 1. The minimum atomic E-state index is 0.0822. The van der Waals surface area contributed by atoms with Crippen LogP contribution < -0.4 is 5.73 Å². The fraction of sp³-hybridized carbons (Fsp3) is 0.0667. The molecule has 94 valence electrons. The summed E-state index contributed by atoms with van der Waals surface area (Å²) in [5.41, 5.74) is 8.80. The molecule has 0 bridgehead atoms. The second-order valence-electron chi connectivity index (χ2n) is 4.37. The van der Waals surface area contributed by atoms with Gasteiger partial charge in [0.2, 0.25) is 12.3 Å². The third kappa shape index (κ3) is 2.08. The van der Waals surface area contributed by atoms with Crippen LogP contribution in [0.15, 0.2) is 59.6 Å². The lowest BCUT2D eigenvalue weighted by Gasteiger charge is -2.09. The summed E-state index contributed by atoms with van der Waals surface area (Å²) in [6.45, 7) is 0.0822. The van der Waals surface area contributed by atoms with E-state index in [2.05, 4.69) is 4.99 Å². The van der Waals surface area contributed by atoms with Gasteiger partial charge in [-0.1, -0.05) is 30.3 Å². The predicted octanol–water partition coefficient (Wildman–Crippen LogP) is 2.04. The number of nitrogens with zero attached hydrogens (tertiary/aromatic N) is 2. The monoisotopic (exact) mass is 251 g/mol. The standard InChI is InChI=1S/C15H13N3O/c16-14-10-18(19)15(11-6-2-1-3-7-11)12-8-4-5-9-13(12)17-14/h1-9H,10H2,(H2,16,17). The first-order chi connectivity index (χ1) is 9.25. The van der Waals surface area contributed by atoms with Crippen LogP contribution in [0.1, 0.15) is 11.1 Å². The molecule has 1 aliphatic rings. The summed E-state index contributed by atoms with van der Waals surface area (Å²) in [6.07, 6.45) is 0. The van der Waals surface area contributed by atoms with Gasteiger partial charge < -0.3 is 10.9 Å². The van der Waals surface area contributed by atoms with E-state index in [0.717, 1.165) is 21.6 Å². The average Bonchev–Trinajstić information content (AvgIpc) is 2.54. The third-order valence-corrected chi connectivity index (χ3v) is 3.03. The van der Waals surface area contributed by atoms with Gasteiger partial charge in [-0.3, -0.25) is 0 Å². The Bertz CT molecular complexity index is 675. The van der Waals surface area contributed by atoms with Crippen molar-refractivity contribution in [2.45, 2.75) is 0 Å². The normalized spacial score (nSPS) is 14.6. The molecule has 3 rings (SSSR count). The number of nitrogens with two attached hydrogens (primary N) is 1. The van der Waals surface area contributed by atoms with Crippen LogP contribution in [-0.2, 0) is 0 Å². The van der Waals surface area contributed by atoms with Crippen LogP contribution in [0.2, 0.25) is 0 Å². The van der Waals surface area contributed by atoms with Crippen molar-refractivity contribution < 1.29 is 4.74 Å². The number of hydrogen-bond donors (Lipinski definition) is 1. The second kappa shape index (κ2) is 4.57. The number of benzene rings is 2. The van der Waals surface area contributed by atoms with E-state index in [4.69, 9.17) is 5.73 Å². The van der Waals surface area contributed by atoms with Gasteiger partial charge in [0, 0.05) is 5.56 Å². The number of hydrogen-bond acceptors (Lipinski definition) is 3. The van der Waals surface area contributed by atoms with E-state index in [1.807, 2.05) is 54.6 Å². The Morgan fingerprint density at radius 2 is 1.68 bits per heavy atom. The first kappa shape index (κ1) is 11.5. The molecule has 2 aromatic carbocycles. The zero-order valence-electron chi connectivity index (χ0n) is 10.3. The molecule has 0 saturated carbocycles. The van der Waals surface area contributed by atoms with E-state index >= 15 is 0 Å². The number of para-hydroxylation sites is 1. The van der Waals surface area contributed by atoms with E-state index in [-0.39, 0.29) is 6.54 Å². The molecule has 4 heteroatoms. The number of aliphatic imine (C=N–C) groups is 1. The zero-order chi connectivity index (χ0) is 13.2. The number of fused-ring (bicyclic) bond motifs is 1. The van der Waals surface area contributed by atoms with Gasteiger partial charge in [-0.15, -0.1) is 0 Å². The Kier molecular flexibility index (Phi) is 2.76. The van der Waals surface area contributed by atoms with E-state index in [0.29, 0.717) is 11.5 Å². The van der Waals surface area contributed by atoms with Gasteiger partial charge in [0.05, 0.1) is 11.3 Å². The fourth-order valence-corrected chi connectivity index (χ4v) is 2.22. The lowest BCUT2D eigenvalue weighted by Crippen LogP contribution is -2.26. The Hall–Kier alpha value is -2.62. The second-order valence-corrected chi connectivity index (χ2v) is 4.37. The molecule has 4 nitrogen and oxygen atoms in total. The molecule has 0 atom stereocenters. The van der Waals surface area contributed by atoms with Crippen molar-refractivity contribution in [1.82, 2.24) is 0 Å². The Morgan fingerprint density at radius 1 is 1.00 bits per heavy atom. The van der Waals surface area contributed by atoms with Crippen LogP contribution in [-0.4, -0.2) is 22.8 Å². The van der Waals surface area contributed by atoms with Gasteiger partial charge in [-0.25, -0.2) is 4.99 Å². The largest absolute Gasteiger partial charge is 0.623 e. The first-order valence-corrected chi connectivity index (χ1v) is 6.05. The van der Waals surface area contributed by atoms with Gasteiger partial charge >= 0.3 is 0 Å². The SMILES string of the molecule is NC1=Nc2ccccc2C(c2ccccc2)=[N+]([O-])C1. The van der Waals surface area contributed by atoms with Crippen molar-refractivity contribution in [3.05, 3.63) is 70.9 Å². The van der Waals surface area contributed by atoms with Gasteiger partial charge in [0.15, 0.2) is 5.84 Å². The van der Waals surface area contributed by atoms with Crippen LogP contribution in [0.5, 0.6) is 0 Å². The topological polar surface area (TPSA) is 64.4 Å². The molecule has 19 heavy (non-hydrogen) atoms. The van der Waals surface area contributed by atoms with Gasteiger partial charge in [0.1, 0.15) is 0 Å². The molecule has 0 saturated heterocycles. The zero-order valence-corrected chi connectivity index (χ0v) is 10.3. The highest BCUT2D eigenvalue weighted by atomic mass is 16.5. The lowest BCUT2D eigenvalue weighted by molar-refractivity contribution is -0.439. The average molecular weight is 251 g/mol. The number of amidine groups is 1.